The van der Waals surface area contributed by atoms with Crippen molar-refractivity contribution in [1.82, 2.24) is 15.2 Å². The Morgan fingerprint density at radius 2 is 1.68 bits per heavy atom. The molecule has 0 aliphatic rings. The van der Waals surface area contributed by atoms with Crippen molar-refractivity contribution >= 4 is 45.6 Å². The standard InChI is InChI=1S/C28H34F3N7O2S/c29-28(30,31)20-7-5-18(6-8-20)15-24(27(41)36-21-16-19-3-1-2-4-23(19)35-17-21)37-26(40)22(34)9-10-25(39)38(13-11-32)14-12-33/h1-8,16-17,22,24H,9-15,32-34H2,(H,36,41)(H,37,40)/t22-,24+/m0/s1. The molecule has 9 nitrogen and oxygen atoms in total. The van der Waals surface area contributed by atoms with E-state index in [1.807, 2.05) is 30.3 Å². The molecule has 2 aromatic carbocycles. The van der Waals surface area contributed by atoms with Gasteiger partial charge in [-0.25, -0.2) is 0 Å². The van der Waals surface area contributed by atoms with Gasteiger partial charge >= 0.3 is 6.18 Å². The van der Waals surface area contributed by atoms with Gasteiger partial charge in [0.25, 0.3) is 0 Å². The molecule has 41 heavy (non-hydrogen) atoms. The Morgan fingerprint density at radius 3 is 2.32 bits per heavy atom. The third kappa shape index (κ3) is 9.46. The van der Waals surface area contributed by atoms with Crippen LogP contribution < -0.4 is 27.8 Å². The number of amides is 2. The van der Waals surface area contributed by atoms with E-state index in [1.165, 1.54) is 17.0 Å². The van der Waals surface area contributed by atoms with Crippen LogP contribution in [-0.4, -0.2) is 64.9 Å². The van der Waals surface area contributed by atoms with Gasteiger partial charge in [-0.2, -0.15) is 13.2 Å². The summed E-state index contributed by atoms with van der Waals surface area (Å²) in [5, 5.41) is 6.74. The molecule has 0 saturated heterocycles. The molecule has 8 N–H and O–H groups in total. The number of hydrogen-bond acceptors (Lipinski definition) is 7. The number of pyridine rings is 1. The van der Waals surface area contributed by atoms with Crippen LogP contribution in [-0.2, 0) is 22.2 Å². The minimum Gasteiger partial charge on any atom is -0.347 e. The Labute approximate surface area is 241 Å². The molecule has 13 heteroatoms. The fraction of sp³-hybridized carbons (Fsp3) is 0.357. The fourth-order valence-electron chi connectivity index (χ4n) is 4.16. The molecule has 220 valence electrons. The smallest absolute Gasteiger partial charge is 0.347 e. The number of aromatic nitrogens is 1. The first-order chi connectivity index (χ1) is 19.5. The summed E-state index contributed by atoms with van der Waals surface area (Å²) in [4.78, 5) is 31.7. The molecular weight excluding hydrogens is 555 g/mol. The lowest BCUT2D eigenvalue weighted by Gasteiger charge is -2.24. The van der Waals surface area contributed by atoms with E-state index in [1.54, 1.807) is 6.20 Å². The van der Waals surface area contributed by atoms with Crippen LogP contribution in [0.2, 0.25) is 0 Å². The van der Waals surface area contributed by atoms with Gasteiger partial charge in [-0.15, -0.1) is 0 Å². The topological polar surface area (TPSA) is 152 Å². The van der Waals surface area contributed by atoms with E-state index in [2.05, 4.69) is 15.6 Å². The lowest BCUT2D eigenvalue weighted by Crippen LogP contribution is -2.50. The van der Waals surface area contributed by atoms with Gasteiger partial charge in [0.05, 0.1) is 35.0 Å². The molecular formula is C28H34F3N7O2S. The van der Waals surface area contributed by atoms with Crippen LogP contribution in [0.3, 0.4) is 0 Å². The van der Waals surface area contributed by atoms with Crippen LogP contribution in [0.15, 0.2) is 60.8 Å². The molecule has 0 saturated carbocycles. The van der Waals surface area contributed by atoms with E-state index >= 15 is 0 Å². The number of halogens is 3. The van der Waals surface area contributed by atoms with Gasteiger partial charge < -0.3 is 32.7 Å². The van der Waals surface area contributed by atoms with E-state index in [0.29, 0.717) is 24.3 Å². The fourth-order valence-corrected chi connectivity index (χ4v) is 4.42. The molecule has 2 amide bonds. The van der Waals surface area contributed by atoms with Gasteiger partial charge in [-0.05, 0) is 42.7 Å². The maximum absolute atomic E-state index is 13.0. The van der Waals surface area contributed by atoms with Crippen LogP contribution in [0.4, 0.5) is 18.9 Å². The van der Waals surface area contributed by atoms with Crippen molar-refractivity contribution in [1.29, 1.82) is 0 Å². The zero-order valence-electron chi connectivity index (χ0n) is 22.4. The van der Waals surface area contributed by atoms with E-state index in [0.717, 1.165) is 23.0 Å². The maximum atomic E-state index is 13.0. The maximum Gasteiger partial charge on any atom is 0.416 e. The largest absolute Gasteiger partial charge is 0.416 e. The summed E-state index contributed by atoms with van der Waals surface area (Å²) < 4.78 is 39.1. The second-order valence-electron chi connectivity index (χ2n) is 9.47. The molecule has 0 bridgehead atoms. The molecule has 0 aliphatic carbocycles. The second kappa shape index (κ2) is 14.8. The summed E-state index contributed by atoms with van der Waals surface area (Å²) in [6.07, 6.45) is -2.69. The average Bonchev–Trinajstić information content (AvgIpc) is 2.94. The van der Waals surface area contributed by atoms with Crippen LogP contribution in [0.25, 0.3) is 10.9 Å². The monoisotopic (exact) mass is 589 g/mol. The molecule has 0 radical (unpaired) electrons. The lowest BCUT2D eigenvalue weighted by atomic mass is 10.0. The van der Waals surface area contributed by atoms with Gasteiger partial charge in [-0.1, -0.05) is 42.5 Å². The summed E-state index contributed by atoms with van der Waals surface area (Å²) in [5.41, 5.74) is 18.3. The molecule has 0 unspecified atom stereocenters. The Morgan fingerprint density at radius 1 is 1.02 bits per heavy atom. The zero-order valence-corrected chi connectivity index (χ0v) is 23.2. The summed E-state index contributed by atoms with van der Waals surface area (Å²) in [6, 6.07) is 12.1. The summed E-state index contributed by atoms with van der Waals surface area (Å²) in [6.45, 7) is 1.24. The average molecular weight is 590 g/mol. The van der Waals surface area contributed by atoms with Crippen LogP contribution in [0.5, 0.6) is 0 Å². The number of carbonyl (C=O) groups excluding carboxylic acids is 2. The highest BCUT2D eigenvalue weighted by Gasteiger charge is 2.30. The number of benzene rings is 2. The van der Waals surface area contributed by atoms with Crippen molar-refractivity contribution in [3.63, 3.8) is 0 Å². The molecule has 2 atom stereocenters. The number of para-hydroxylation sites is 1. The zero-order chi connectivity index (χ0) is 30.0. The Bertz CT molecular complexity index is 1330. The highest BCUT2D eigenvalue weighted by atomic mass is 32.1. The number of nitrogens with one attached hydrogen (secondary N) is 2. The molecule has 1 aromatic heterocycles. The summed E-state index contributed by atoms with van der Waals surface area (Å²) in [5.74, 6) is -0.772. The first-order valence-electron chi connectivity index (χ1n) is 13.1. The molecule has 1 heterocycles. The number of carbonyl (C=O) groups is 2. The third-order valence-corrected chi connectivity index (χ3v) is 6.76. The number of thiocarbonyl (C=S) groups is 1. The highest BCUT2D eigenvalue weighted by Crippen LogP contribution is 2.29. The summed E-state index contributed by atoms with van der Waals surface area (Å²) >= 11 is 5.61. The number of nitrogens with two attached hydrogens (primary N) is 3. The quantitative estimate of drug-likeness (QED) is 0.191. The van der Waals surface area contributed by atoms with Crippen molar-refractivity contribution in [3.05, 3.63) is 71.9 Å². The molecule has 0 spiro atoms. The van der Waals surface area contributed by atoms with Crippen molar-refractivity contribution in [3.8, 4) is 0 Å². The van der Waals surface area contributed by atoms with Crippen molar-refractivity contribution in [2.75, 3.05) is 31.5 Å². The SMILES string of the molecule is NCCN(CCN)C(=O)CC[C@H](N)C(=O)N[C@H](Cc1ccc(C(F)(F)F)cc1)C(=S)Nc1cnc2ccccc2c1. The van der Waals surface area contributed by atoms with Crippen molar-refractivity contribution < 1.29 is 22.8 Å². The molecule has 0 fully saturated rings. The van der Waals surface area contributed by atoms with E-state index in [-0.39, 0.29) is 43.2 Å². The lowest BCUT2D eigenvalue weighted by molar-refractivity contribution is -0.137. The van der Waals surface area contributed by atoms with E-state index in [4.69, 9.17) is 29.4 Å². The number of rotatable bonds is 13. The summed E-state index contributed by atoms with van der Waals surface area (Å²) in [7, 11) is 0. The normalized spacial score (nSPS) is 12.9. The molecule has 3 aromatic rings. The van der Waals surface area contributed by atoms with Gasteiger partial charge in [0.2, 0.25) is 11.8 Å². The number of hydrogen-bond donors (Lipinski definition) is 5. The van der Waals surface area contributed by atoms with Crippen molar-refractivity contribution in [2.45, 2.75) is 37.5 Å². The second-order valence-corrected chi connectivity index (χ2v) is 9.91. The predicted molar refractivity (Wildman–Crippen MR) is 157 cm³/mol. The van der Waals surface area contributed by atoms with Crippen molar-refractivity contribution in [2.24, 2.45) is 17.2 Å². The van der Waals surface area contributed by atoms with Crippen LogP contribution in [0.1, 0.15) is 24.0 Å². The predicted octanol–water partition coefficient (Wildman–Crippen LogP) is 2.57. The first kappa shape index (κ1) is 31.9. The number of anilines is 1. The van der Waals surface area contributed by atoms with Gasteiger partial charge in [0.15, 0.2) is 0 Å². The first-order valence-corrected chi connectivity index (χ1v) is 13.5. The Balaban J connectivity index is 1.73. The third-order valence-electron chi connectivity index (χ3n) is 6.37. The molecule has 3 rings (SSSR count). The minimum atomic E-state index is -4.47. The van der Waals surface area contributed by atoms with Crippen LogP contribution >= 0.6 is 12.2 Å². The van der Waals surface area contributed by atoms with E-state index in [9.17, 15) is 22.8 Å². The number of fused-ring (bicyclic) bond motifs is 1. The Kier molecular flexibility index (Phi) is 11.5. The molecule has 0 aliphatic heterocycles. The Hall–Kier alpha value is -3.65. The van der Waals surface area contributed by atoms with Gasteiger partial charge in [-0.3, -0.25) is 14.6 Å². The van der Waals surface area contributed by atoms with Gasteiger partial charge in [0, 0.05) is 38.0 Å². The number of alkyl halides is 3. The van der Waals surface area contributed by atoms with Crippen LogP contribution in [0, 0.1) is 0 Å². The minimum absolute atomic E-state index is 0.0175. The number of nitrogens with zero attached hydrogens (tertiary/aromatic N) is 2. The highest BCUT2D eigenvalue weighted by molar-refractivity contribution is 7.80. The van der Waals surface area contributed by atoms with Gasteiger partial charge in [0.1, 0.15) is 4.99 Å². The van der Waals surface area contributed by atoms with E-state index < -0.39 is 29.7 Å².